The number of aryl methyl sites for hydroxylation is 1. The highest BCUT2D eigenvalue weighted by atomic mass is 32.2. The molecule has 21 heavy (non-hydrogen) atoms. The Labute approximate surface area is 128 Å². The Kier molecular flexibility index (Phi) is 5.81. The maximum Gasteiger partial charge on any atom is 0.251 e. The molecule has 2 nitrogen and oxygen atoms in total. The van der Waals surface area contributed by atoms with Gasteiger partial charge in [0, 0.05) is 17.0 Å². The Balaban J connectivity index is 1.66. The van der Waals surface area contributed by atoms with Crippen LogP contribution in [0.4, 0.5) is 4.39 Å². The number of carbonyl (C=O) groups is 1. The van der Waals surface area contributed by atoms with Crippen molar-refractivity contribution in [3.8, 4) is 0 Å². The molecule has 0 fully saturated rings. The number of halogens is 1. The number of hydrogen-bond donors (Lipinski definition) is 1. The van der Waals surface area contributed by atoms with Gasteiger partial charge in [-0.15, -0.1) is 11.8 Å². The number of amides is 1. The maximum absolute atomic E-state index is 12.7. The molecule has 0 aliphatic rings. The molecule has 0 saturated carbocycles. The predicted molar refractivity (Wildman–Crippen MR) is 85.3 cm³/mol. The minimum atomic E-state index is -0.218. The molecule has 0 atom stereocenters. The lowest BCUT2D eigenvalue weighted by Crippen LogP contribution is -2.24. The van der Waals surface area contributed by atoms with E-state index < -0.39 is 0 Å². The van der Waals surface area contributed by atoms with Gasteiger partial charge in [0.25, 0.3) is 5.91 Å². The summed E-state index contributed by atoms with van der Waals surface area (Å²) in [5, 5.41) is 2.90. The number of benzene rings is 2. The van der Waals surface area contributed by atoms with Crippen molar-refractivity contribution in [3.05, 3.63) is 65.5 Å². The monoisotopic (exact) mass is 303 g/mol. The van der Waals surface area contributed by atoms with E-state index in [1.165, 1.54) is 12.1 Å². The molecule has 0 saturated heterocycles. The highest BCUT2D eigenvalue weighted by molar-refractivity contribution is 7.99. The zero-order valence-electron chi connectivity index (χ0n) is 11.9. The molecule has 2 aromatic carbocycles. The van der Waals surface area contributed by atoms with Crippen LogP contribution in [-0.2, 0) is 0 Å². The summed E-state index contributed by atoms with van der Waals surface area (Å²) < 4.78 is 12.7. The lowest BCUT2D eigenvalue weighted by atomic mass is 10.1. The van der Waals surface area contributed by atoms with Gasteiger partial charge in [-0.1, -0.05) is 17.7 Å². The topological polar surface area (TPSA) is 29.1 Å². The molecular formula is C17H18FNOS. The van der Waals surface area contributed by atoms with Gasteiger partial charge in [0.15, 0.2) is 0 Å². The molecule has 0 aromatic heterocycles. The second-order valence-electron chi connectivity index (χ2n) is 4.78. The molecule has 0 unspecified atom stereocenters. The molecule has 2 rings (SSSR count). The van der Waals surface area contributed by atoms with Crippen molar-refractivity contribution < 1.29 is 9.18 Å². The number of hydrogen-bond acceptors (Lipinski definition) is 2. The lowest BCUT2D eigenvalue weighted by molar-refractivity contribution is 0.0954. The van der Waals surface area contributed by atoms with Gasteiger partial charge in [-0.05, 0) is 55.5 Å². The SMILES string of the molecule is Cc1ccc(C(=O)NCCCSc2ccc(F)cc2)cc1. The Bertz CT molecular complexity index is 581. The van der Waals surface area contributed by atoms with E-state index in [1.54, 1.807) is 23.9 Å². The normalized spacial score (nSPS) is 10.4. The van der Waals surface area contributed by atoms with E-state index in [9.17, 15) is 9.18 Å². The van der Waals surface area contributed by atoms with Crippen LogP contribution in [0.5, 0.6) is 0 Å². The molecule has 1 amide bonds. The Morgan fingerprint density at radius 2 is 1.76 bits per heavy atom. The third kappa shape index (κ3) is 5.23. The van der Waals surface area contributed by atoms with Crippen LogP contribution in [-0.4, -0.2) is 18.2 Å². The van der Waals surface area contributed by atoms with Gasteiger partial charge in [-0.3, -0.25) is 4.79 Å². The van der Waals surface area contributed by atoms with E-state index in [0.29, 0.717) is 12.1 Å². The van der Waals surface area contributed by atoms with E-state index in [0.717, 1.165) is 22.6 Å². The van der Waals surface area contributed by atoms with Crippen molar-refractivity contribution in [3.63, 3.8) is 0 Å². The van der Waals surface area contributed by atoms with E-state index in [-0.39, 0.29) is 11.7 Å². The van der Waals surface area contributed by atoms with Crippen LogP contribution >= 0.6 is 11.8 Å². The zero-order chi connectivity index (χ0) is 15.1. The lowest BCUT2D eigenvalue weighted by Gasteiger charge is -2.05. The van der Waals surface area contributed by atoms with Gasteiger partial charge in [0.05, 0.1) is 0 Å². The molecule has 0 spiro atoms. The minimum absolute atomic E-state index is 0.0400. The summed E-state index contributed by atoms with van der Waals surface area (Å²) in [7, 11) is 0. The van der Waals surface area contributed by atoms with Crippen molar-refractivity contribution >= 4 is 17.7 Å². The smallest absolute Gasteiger partial charge is 0.251 e. The average molecular weight is 303 g/mol. The van der Waals surface area contributed by atoms with E-state index in [2.05, 4.69) is 5.32 Å². The molecule has 0 radical (unpaired) electrons. The maximum atomic E-state index is 12.7. The van der Waals surface area contributed by atoms with Crippen LogP contribution in [0.25, 0.3) is 0 Å². The molecule has 0 heterocycles. The third-order valence-electron chi connectivity index (χ3n) is 3.00. The van der Waals surface area contributed by atoms with Crippen molar-refractivity contribution in [2.45, 2.75) is 18.2 Å². The van der Waals surface area contributed by atoms with Gasteiger partial charge in [-0.25, -0.2) is 4.39 Å². The van der Waals surface area contributed by atoms with Crippen LogP contribution in [0.3, 0.4) is 0 Å². The summed E-state index contributed by atoms with van der Waals surface area (Å²) in [6.07, 6.45) is 0.875. The largest absolute Gasteiger partial charge is 0.352 e. The number of nitrogens with one attached hydrogen (secondary N) is 1. The zero-order valence-corrected chi connectivity index (χ0v) is 12.8. The quantitative estimate of drug-likeness (QED) is 0.644. The summed E-state index contributed by atoms with van der Waals surface area (Å²) in [5.41, 5.74) is 1.83. The molecule has 110 valence electrons. The molecule has 1 N–H and O–H groups in total. The molecule has 0 bridgehead atoms. The number of thioether (sulfide) groups is 1. The molecule has 4 heteroatoms. The van der Waals surface area contributed by atoms with Crippen molar-refractivity contribution in [1.82, 2.24) is 5.32 Å². The van der Waals surface area contributed by atoms with Crippen LogP contribution in [0.1, 0.15) is 22.3 Å². The van der Waals surface area contributed by atoms with Gasteiger partial charge in [-0.2, -0.15) is 0 Å². The first kappa shape index (κ1) is 15.6. The van der Waals surface area contributed by atoms with Crippen LogP contribution in [0, 0.1) is 12.7 Å². The van der Waals surface area contributed by atoms with Gasteiger partial charge >= 0.3 is 0 Å². The first-order chi connectivity index (χ1) is 10.1. The predicted octanol–water partition coefficient (Wildman–Crippen LogP) is 4.05. The van der Waals surface area contributed by atoms with Crippen molar-refractivity contribution in [2.75, 3.05) is 12.3 Å². The highest BCUT2D eigenvalue weighted by Gasteiger charge is 2.03. The molecule has 0 aliphatic carbocycles. The summed E-state index contributed by atoms with van der Waals surface area (Å²) >= 11 is 1.66. The average Bonchev–Trinajstić information content (AvgIpc) is 2.49. The fourth-order valence-corrected chi connectivity index (χ4v) is 2.65. The number of rotatable bonds is 6. The Morgan fingerprint density at radius 3 is 2.43 bits per heavy atom. The third-order valence-corrected chi connectivity index (χ3v) is 4.10. The summed E-state index contributed by atoms with van der Waals surface area (Å²) in [6.45, 7) is 2.63. The second kappa shape index (κ2) is 7.84. The van der Waals surface area contributed by atoms with Crippen molar-refractivity contribution in [1.29, 1.82) is 0 Å². The molecule has 0 aliphatic heterocycles. The van der Waals surface area contributed by atoms with Gasteiger partial charge in [0.2, 0.25) is 0 Å². The van der Waals surface area contributed by atoms with Crippen LogP contribution < -0.4 is 5.32 Å². The van der Waals surface area contributed by atoms with Crippen LogP contribution in [0.15, 0.2) is 53.4 Å². The van der Waals surface area contributed by atoms with E-state index in [1.807, 2.05) is 31.2 Å². The van der Waals surface area contributed by atoms with Crippen molar-refractivity contribution in [2.24, 2.45) is 0 Å². The fourth-order valence-electron chi connectivity index (χ4n) is 1.80. The first-order valence-corrected chi connectivity index (χ1v) is 7.87. The highest BCUT2D eigenvalue weighted by Crippen LogP contribution is 2.18. The van der Waals surface area contributed by atoms with E-state index in [4.69, 9.17) is 0 Å². The van der Waals surface area contributed by atoms with Gasteiger partial charge < -0.3 is 5.32 Å². The fraction of sp³-hybridized carbons (Fsp3) is 0.235. The molecular weight excluding hydrogens is 285 g/mol. The van der Waals surface area contributed by atoms with Gasteiger partial charge in [0.1, 0.15) is 5.82 Å². The second-order valence-corrected chi connectivity index (χ2v) is 5.95. The standard InChI is InChI=1S/C17H18FNOS/c1-13-3-5-14(6-4-13)17(20)19-11-2-12-21-16-9-7-15(18)8-10-16/h3-10H,2,11-12H2,1H3,(H,19,20). The summed E-state index contributed by atoms with van der Waals surface area (Å²) in [6, 6.07) is 14.0. The summed E-state index contributed by atoms with van der Waals surface area (Å²) in [4.78, 5) is 12.9. The Morgan fingerprint density at radius 1 is 1.10 bits per heavy atom. The van der Waals surface area contributed by atoms with E-state index >= 15 is 0 Å². The summed E-state index contributed by atoms with van der Waals surface area (Å²) in [5.74, 6) is 0.631. The first-order valence-electron chi connectivity index (χ1n) is 6.88. The molecule has 2 aromatic rings. The minimum Gasteiger partial charge on any atom is -0.352 e. The Hall–Kier alpha value is -1.81. The van der Waals surface area contributed by atoms with Crippen LogP contribution in [0.2, 0.25) is 0 Å². The number of carbonyl (C=O) groups excluding carboxylic acids is 1.